The second kappa shape index (κ2) is 8.92. The molecule has 6 nitrogen and oxygen atoms in total. The van der Waals surface area contributed by atoms with E-state index in [1.165, 1.54) is 4.90 Å². The van der Waals surface area contributed by atoms with E-state index in [-0.39, 0.29) is 24.1 Å². The van der Waals surface area contributed by atoms with Crippen LogP contribution in [0.25, 0.3) is 6.08 Å². The van der Waals surface area contributed by atoms with Crippen molar-refractivity contribution in [3.63, 3.8) is 0 Å². The minimum absolute atomic E-state index is 0.118. The zero-order valence-electron chi connectivity index (χ0n) is 15.9. The largest absolute Gasteiger partial charge is 0.449 e. The summed E-state index contributed by atoms with van der Waals surface area (Å²) >= 11 is 3.48. The molecule has 7 heteroatoms. The molecule has 1 aliphatic heterocycles. The van der Waals surface area contributed by atoms with Crippen molar-refractivity contribution in [2.45, 2.75) is 6.54 Å². The van der Waals surface area contributed by atoms with Gasteiger partial charge in [0.1, 0.15) is 6.54 Å². The molecule has 0 saturated carbocycles. The molecule has 0 spiro atoms. The average molecular weight is 464 g/mol. The van der Waals surface area contributed by atoms with E-state index in [1.807, 2.05) is 42.5 Å². The summed E-state index contributed by atoms with van der Waals surface area (Å²) in [6.07, 6.45) is 5.03. The number of nitrogens with zero attached hydrogens (tertiary/aromatic N) is 2. The molecule has 2 amide bonds. The van der Waals surface area contributed by atoms with E-state index in [2.05, 4.69) is 26.2 Å². The number of carbonyl (C=O) groups excluding carboxylic acids is 2. The highest BCUT2D eigenvalue weighted by molar-refractivity contribution is 9.10. The number of hydrogen-bond acceptors (Lipinski definition) is 4. The van der Waals surface area contributed by atoms with E-state index in [0.717, 1.165) is 15.6 Å². The zero-order valence-corrected chi connectivity index (χ0v) is 17.5. The summed E-state index contributed by atoms with van der Waals surface area (Å²) in [5.41, 5.74) is 2.25. The van der Waals surface area contributed by atoms with Crippen LogP contribution >= 0.6 is 15.9 Å². The molecule has 0 atom stereocenters. The average Bonchev–Trinajstić information content (AvgIpc) is 2.77. The Labute approximate surface area is 182 Å². The molecule has 2 aromatic carbocycles. The number of carbonyl (C=O) groups is 2. The Morgan fingerprint density at radius 3 is 2.70 bits per heavy atom. The maximum absolute atomic E-state index is 13.1. The van der Waals surface area contributed by atoms with Gasteiger partial charge in [-0.15, -0.1) is 0 Å². The highest BCUT2D eigenvalue weighted by atomic mass is 79.9. The summed E-state index contributed by atoms with van der Waals surface area (Å²) in [7, 11) is 0. The van der Waals surface area contributed by atoms with Crippen LogP contribution in [0.1, 0.15) is 11.1 Å². The summed E-state index contributed by atoms with van der Waals surface area (Å²) < 4.78 is 6.69. The van der Waals surface area contributed by atoms with Gasteiger partial charge in [-0.3, -0.25) is 19.5 Å². The van der Waals surface area contributed by atoms with E-state index in [9.17, 15) is 9.59 Å². The number of para-hydroxylation sites is 2. The summed E-state index contributed by atoms with van der Waals surface area (Å²) in [6.45, 7) is 0.222. The first kappa shape index (κ1) is 19.8. The van der Waals surface area contributed by atoms with Crippen molar-refractivity contribution >= 4 is 39.5 Å². The molecule has 0 fully saturated rings. The summed E-state index contributed by atoms with van der Waals surface area (Å²) in [5, 5.41) is 2.83. The van der Waals surface area contributed by atoms with E-state index in [1.54, 1.807) is 36.7 Å². The topological polar surface area (TPSA) is 71.5 Å². The van der Waals surface area contributed by atoms with Crippen molar-refractivity contribution < 1.29 is 14.3 Å². The van der Waals surface area contributed by atoms with Gasteiger partial charge in [-0.05, 0) is 41.5 Å². The van der Waals surface area contributed by atoms with Crippen LogP contribution in [0.5, 0.6) is 5.75 Å². The predicted octanol–water partition coefficient (Wildman–Crippen LogP) is 3.93. The molecule has 0 radical (unpaired) electrons. The number of nitrogens with one attached hydrogen (secondary N) is 1. The van der Waals surface area contributed by atoms with Gasteiger partial charge in [0.25, 0.3) is 5.91 Å². The monoisotopic (exact) mass is 463 g/mol. The standard InChI is InChI=1S/C23H18BrN3O3/c24-18-8-2-1-7-17(18)12-21-23(29)27(19-9-3-4-10-20(19)30-21)15-22(28)26-14-16-6-5-11-25-13-16/h1-13H,14-15H2,(H,26,28)/b21-12+. The van der Waals surface area contributed by atoms with Crippen molar-refractivity contribution in [1.29, 1.82) is 0 Å². The summed E-state index contributed by atoms with van der Waals surface area (Å²) in [6, 6.07) is 18.4. The first-order chi connectivity index (χ1) is 14.6. The number of halogens is 1. The van der Waals surface area contributed by atoms with E-state index < -0.39 is 0 Å². The van der Waals surface area contributed by atoms with Gasteiger partial charge in [0.2, 0.25) is 5.91 Å². The molecule has 1 aliphatic rings. The molecule has 0 bridgehead atoms. The molecule has 4 rings (SSSR count). The van der Waals surface area contributed by atoms with Crippen LogP contribution in [0.2, 0.25) is 0 Å². The van der Waals surface area contributed by atoms with E-state index >= 15 is 0 Å². The van der Waals surface area contributed by atoms with Crippen molar-refractivity contribution in [2.75, 3.05) is 11.4 Å². The number of benzene rings is 2. The summed E-state index contributed by atoms with van der Waals surface area (Å²) in [5.74, 6) is 0.0289. The van der Waals surface area contributed by atoms with Crippen molar-refractivity contribution in [3.8, 4) is 5.75 Å². The van der Waals surface area contributed by atoms with Gasteiger partial charge in [0, 0.05) is 23.4 Å². The van der Waals surface area contributed by atoms with Crippen LogP contribution in [-0.2, 0) is 16.1 Å². The molecule has 150 valence electrons. The Balaban J connectivity index is 1.57. The van der Waals surface area contributed by atoms with Gasteiger partial charge < -0.3 is 10.1 Å². The molecule has 1 N–H and O–H groups in total. The second-order valence-corrected chi connectivity index (χ2v) is 7.48. The lowest BCUT2D eigenvalue weighted by molar-refractivity contribution is -0.123. The number of hydrogen-bond donors (Lipinski definition) is 1. The Morgan fingerprint density at radius 2 is 1.90 bits per heavy atom. The van der Waals surface area contributed by atoms with Crippen molar-refractivity contribution in [1.82, 2.24) is 10.3 Å². The lowest BCUT2D eigenvalue weighted by Crippen LogP contribution is -2.44. The number of amides is 2. The quantitative estimate of drug-likeness (QED) is 0.581. The zero-order chi connectivity index (χ0) is 20.9. The minimum atomic E-state index is -0.374. The SMILES string of the molecule is O=C(CN1C(=O)/C(=C\c2ccccc2Br)Oc2ccccc21)NCc1cccnc1. The fraction of sp³-hybridized carbons (Fsp3) is 0.0870. The maximum atomic E-state index is 13.1. The Kier molecular flexibility index (Phi) is 5.90. The Bertz CT molecular complexity index is 1120. The fourth-order valence-corrected chi connectivity index (χ4v) is 3.45. The second-order valence-electron chi connectivity index (χ2n) is 6.63. The molecule has 1 aromatic heterocycles. The molecule has 30 heavy (non-hydrogen) atoms. The Hall–Kier alpha value is -3.45. The van der Waals surface area contributed by atoms with E-state index in [4.69, 9.17) is 4.74 Å². The number of aromatic nitrogens is 1. The van der Waals surface area contributed by atoms with Crippen LogP contribution in [0, 0.1) is 0 Å². The van der Waals surface area contributed by atoms with Crippen LogP contribution in [-0.4, -0.2) is 23.3 Å². The minimum Gasteiger partial charge on any atom is -0.449 e. The number of fused-ring (bicyclic) bond motifs is 1. The van der Waals surface area contributed by atoms with E-state index in [0.29, 0.717) is 18.0 Å². The van der Waals surface area contributed by atoms with Gasteiger partial charge in [-0.1, -0.05) is 52.3 Å². The number of pyridine rings is 1. The normalized spacial score (nSPS) is 14.2. The highest BCUT2D eigenvalue weighted by Gasteiger charge is 2.31. The lowest BCUT2D eigenvalue weighted by atomic mass is 10.1. The van der Waals surface area contributed by atoms with Crippen LogP contribution in [0.4, 0.5) is 5.69 Å². The van der Waals surface area contributed by atoms with Gasteiger partial charge >= 0.3 is 0 Å². The Morgan fingerprint density at radius 1 is 1.10 bits per heavy atom. The third-order valence-electron chi connectivity index (χ3n) is 4.54. The third-order valence-corrected chi connectivity index (χ3v) is 5.26. The highest BCUT2D eigenvalue weighted by Crippen LogP contribution is 2.35. The number of rotatable bonds is 5. The molecule has 0 saturated heterocycles. The van der Waals surface area contributed by atoms with Crippen molar-refractivity contribution in [2.24, 2.45) is 0 Å². The first-order valence-electron chi connectivity index (χ1n) is 9.32. The van der Waals surface area contributed by atoms with Gasteiger partial charge in [-0.25, -0.2) is 0 Å². The maximum Gasteiger partial charge on any atom is 0.294 e. The van der Waals surface area contributed by atoms with Gasteiger partial charge in [-0.2, -0.15) is 0 Å². The van der Waals surface area contributed by atoms with Crippen LogP contribution in [0.3, 0.4) is 0 Å². The molecule has 0 unspecified atom stereocenters. The van der Waals surface area contributed by atoms with Gasteiger partial charge in [0.15, 0.2) is 11.5 Å². The fourth-order valence-electron chi connectivity index (χ4n) is 3.06. The van der Waals surface area contributed by atoms with Crippen LogP contribution < -0.4 is 15.0 Å². The summed E-state index contributed by atoms with van der Waals surface area (Å²) in [4.78, 5) is 31.2. The molecular weight excluding hydrogens is 446 g/mol. The lowest BCUT2D eigenvalue weighted by Gasteiger charge is -2.30. The third kappa shape index (κ3) is 4.41. The smallest absolute Gasteiger partial charge is 0.294 e. The number of ether oxygens (including phenoxy) is 1. The molecule has 2 heterocycles. The predicted molar refractivity (Wildman–Crippen MR) is 118 cm³/mol. The number of anilines is 1. The first-order valence-corrected chi connectivity index (χ1v) is 10.1. The van der Waals surface area contributed by atoms with Gasteiger partial charge in [0.05, 0.1) is 5.69 Å². The molecule has 0 aliphatic carbocycles. The van der Waals surface area contributed by atoms with Crippen LogP contribution in [0.15, 0.2) is 83.3 Å². The molecular formula is C23H18BrN3O3. The van der Waals surface area contributed by atoms with Crippen molar-refractivity contribution in [3.05, 3.63) is 94.4 Å². The molecule has 3 aromatic rings.